The van der Waals surface area contributed by atoms with Gasteiger partial charge in [0.15, 0.2) is 0 Å². The van der Waals surface area contributed by atoms with Crippen LogP contribution in [-0.4, -0.2) is 34.1 Å². The average molecular weight is 406 g/mol. The topological polar surface area (TPSA) is 98.5 Å². The van der Waals surface area contributed by atoms with E-state index in [1.54, 1.807) is 18.2 Å². The molecule has 1 amide bonds. The highest BCUT2D eigenvalue weighted by molar-refractivity contribution is 7.89. The summed E-state index contributed by atoms with van der Waals surface area (Å²) in [5, 5.41) is 8.02. The molecule has 0 bridgehead atoms. The minimum Gasteiger partial charge on any atom is -0.381 e. The first-order valence-electron chi connectivity index (χ1n) is 9.01. The summed E-state index contributed by atoms with van der Waals surface area (Å²) in [4.78, 5) is 12.4. The molecule has 0 unspecified atom stereocenters. The van der Waals surface area contributed by atoms with E-state index in [2.05, 4.69) is 5.32 Å². The van der Waals surface area contributed by atoms with E-state index in [9.17, 15) is 17.6 Å². The Morgan fingerprint density at radius 1 is 1.14 bits per heavy atom. The fraction of sp³-hybridized carbons (Fsp3) is 0.350. The minimum atomic E-state index is -3.76. The zero-order valence-electron chi connectivity index (χ0n) is 15.4. The minimum absolute atomic E-state index is 0.00363. The van der Waals surface area contributed by atoms with Gasteiger partial charge >= 0.3 is 0 Å². The Hall–Kier alpha value is -2.29. The van der Waals surface area contributed by atoms with Crippen LogP contribution in [0.15, 0.2) is 53.4 Å². The van der Waals surface area contributed by atoms with Crippen molar-refractivity contribution in [2.45, 2.75) is 29.6 Å². The highest BCUT2D eigenvalue weighted by Crippen LogP contribution is 2.34. The van der Waals surface area contributed by atoms with Gasteiger partial charge in [-0.15, -0.1) is 0 Å². The van der Waals surface area contributed by atoms with Gasteiger partial charge in [-0.25, -0.2) is 17.9 Å². The average Bonchev–Trinajstić information content (AvgIpc) is 2.67. The van der Waals surface area contributed by atoms with Crippen LogP contribution in [0.1, 0.15) is 24.0 Å². The number of primary sulfonamides is 1. The predicted molar refractivity (Wildman–Crippen MR) is 103 cm³/mol. The molecule has 8 heteroatoms. The smallest absolute Gasteiger partial charge is 0.238 e. The molecule has 1 saturated heterocycles. The standard InChI is InChI=1S/C20H23FN2O4S/c21-17-3-1-2-16(13-17)20(8-10-27-11-9-20)14-23-19(24)12-15-4-6-18(7-5-15)28(22,25)26/h1-7,13H,8-12,14H2,(H,23,24)(H2,22,25,26). The molecule has 1 heterocycles. The SMILES string of the molecule is NS(=O)(=O)c1ccc(CC(=O)NCC2(c3cccc(F)c3)CCOCC2)cc1. The first kappa shape index (κ1) is 20.4. The molecule has 150 valence electrons. The third kappa shape index (κ3) is 4.95. The summed E-state index contributed by atoms with van der Waals surface area (Å²) in [7, 11) is -3.76. The van der Waals surface area contributed by atoms with Crippen LogP contribution in [0.2, 0.25) is 0 Å². The van der Waals surface area contributed by atoms with E-state index in [0.29, 0.717) is 38.2 Å². The molecule has 0 spiro atoms. The number of nitrogens with two attached hydrogens (primary N) is 1. The molecule has 1 aliphatic heterocycles. The lowest BCUT2D eigenvalue weighted by Gasteiger charge is -2.38. The van der Waals surface area contributed by atoms with Crippen LogP contribution >= 0.6 is 0 Å². The van der Waals surface area contributed by atoms with Crippen molar-refractivity contribution in [2.75, 3.05) is 19.8 Å². The monoisotopic (exact) mass is 406 g/mol. The Kier molecular flexibility index (Phi) is 6.12. The number of ether oxygens (including phenoxy) is 1. The van der Waals surface area contributed by atoms with Crippen LogP contribution in [0.3, 0.4) is 0 Å². The summed E-state index contributed by atoms with van der Waals surface area (Å²) in [6, 6.07) is 12.4. The van der Waals surface area contributed by atoms with Crippen LogP contribution in [0.25, 0.3) is 0 Å². The maximum atomic E-state index is 13.7. The van der Waals surface area contributed by atoms with Gasteiger partial charge in [0.25, 0.3) is 0 Å². The van der Waals surface area contributed by atoms with Crippen molar-refractivity contribution in [1.29, 1.82) is 0 Å². The maximum Gasteiger partial charge on any atom is 0.238 e. The Morgan fingerprint density at radius 3 is 2.43 bits per heavy atom. The zero-order chi connectivity index (χ0) is 20.2. The molecule has 1 aliphatic rings. The largest absolute Gasteiger partial charge is 0.381 e. The van der Waals surface area contributed by atoms with Crippen LogP contribution in [-0.2, 0) is 31.4 Å². The van der Waals surface area contributed by atoms with Gasteiger partial charge in [-0.05, 0) is 48.2 Å². The van der Waals surface area contributed by atoms with Crippen molar-refractivity contribution >= 4 is 15.9 Å². The summed E-state index contributed by atoms with van der Waals surface area (Å²) in [5.74, 6) is -0.490. The van der Waals surface area contributed by atoms with E-state index < -0.39 is 10.0 Å². The van der Waals surface area contributed by atoms with Gasteiger partial charge in [0.1, 0.15) is 5.82 Å². The van der Waals surface area contributed by atoms with Gasteiger partial charge in [0.05, 0.1) is 11.3 Å². The Labute approximate surface area is 163 Å². The molecule has 1 fully saturated rings. The molecule has 6 nitrogen and oxygen atoms in total. The third-order valence-electron chi connectivity index (χ3n) is 5.13. The first-order valence-corrected chi connectivity index (χ1v) is 10.6. The van der Waals surface area contributed by atoms with E-state index in [0.717, 1.165) is 5.56 Å². The van der Waals surface area contributed by atoms with E-state index in [1.807, 2.05) is 6.07 Å². The summed E-state index contributed by atoms with van der Waals surface area (Å²) < 4.78 is 41.8. The van der Waals surface area contributed by atoms with Gasteiger partial charge < -0.3 is 10.1 Å². The van der Waals surface area contributed by atoms with Crippen molar-refractivity contribution in [3.05, 3.63) is 65.5 Å². The van der Waals surface area contributed by atoms with E-state index in [1.165, 1.54) is 24.3 Å². The molecule has 0 aliphatic carbocycles. The number of carbonyl (C=O) groups is 1. The molecule has 0 atom stereocenters. The van der Waals surface area contributed by atoms with Crippen molar-refractivity contribution in [3.8, 4) is 0 Å². The molecule has 0 saturated carbocycles. The molecule has 0 aromatic heterocycles. The molecule has 3 rings (SSSR count). The van der Waals surface area contributed by atoms with Crippen LogP contribution in [0.5, 0.6) is 0 Å². The second kappa shape index (κ2) is 8.38. The number of hydrogen-bond acceptors (Lipinski definition) is 4. The first-order chi connectivity index (χ1) is 13.3. The van der Waals surface area contributed by atoms with Gasteiger partial charge in [0, 0.05) is 25.2 Å². The number of halogens is 1. The normalized spacial score (nSPS) is 16.5. The fourth-order valence-electron chi connectivity index (χ4n) is 3.46. The van der Waals surface area contributed by atoms with Crippen LogP contribution < -0.4 is 10.5 Å². The Bertz CT molecular complexity index is 939. The zero-order valence-corrected chi connectivity index (χ0v) is 16.2. The van der Waals surface area contributed by atoms with Crippen molar-refractivity contribution < 1.29 is 22.3 Å². The summed E-state index contributed by atoms with van der Waals surface area (Å²) in [6.07, 6.45) is 1.50. The van der Waals surface area contributed by atoms with Crippen LogP contribution in [0.4, 0.5) is 4.39 Å². The third-order valence-corrected chi connectivity index (χ3v) is 6.06. The summed E-state index contributed by atoms with van der Waals surface area (Å²) in [5.41, 5.74) is 1.17. The van der Waals surface area contributed by atoms with Gasteiger partial charge in [0.2, 0.25) is 15.9 Å². The number of carbonyl (C=O) groups excluding carboxylic acids is 1. The highest BCUT2D eigenvalue weighted by atomic mass is 32.2. The Balaban J connectivity index is 1.67. The molecule has 2 aromatic rings. The lowest BCUT2D eigenvalue weighted by Crippen LogP contribution is -2.45. The molecular weight excluding hydrogens is 383 g/mol. The number of sulfonamides is 1. The second-order valence-electron chi connectivity index (χ2n) is 7.05. The molecule has 2 aromatic carbocycles. The van der Waals surface area contributed by atoms with E-state index >= 15 is 0 Å². The van der Waals surface area contributed by atoms with Gasteiger partial charge in [-0.3, -0.25) is 4.79 Å². The molecule has 28 heavy (non-hydrogen) atoms. The number of benzene rings is 2. The van der Waals surface area contributed by atoms with Gasteiger partial charge in [-0.1, -0.05) is 24.3 Å². The lowest BCUT2D eigenvalue weighted by atomic mass is 9.74. The van der Waals surface area contributed by atoms with Crippen molar-refractivity contribution in [1.82, 2.24) is 5.32 Å². The Morgan fingerprint density at radius 2 is 1.82 bits per heavy atom. The highest BCUT2D eigenvalue weighted by Gasteiger charge is 2.35. The number of amides is 1. The number of hydrogen-bond donors (Lipinski definition) is 2. The predicted octanol–water partition coefficient (Wildman–Crippen LogP) is 1.88. The summed E-state index contributed by atoms with van der Waals surface area (Å²) >= 11 is 0. The molecule has 0 radical (unpaired) electrons. The lowest BCUT2D eigenvalue weighted by molar-refractivity contribution is -0.120. The molecule has 3 N–H and O–H groups in total. The summed E-state index contributed by atoms with van der Waals surface area (Å²) in [6.45, 7) is 1.50. The number of nitrogens with one attached hydrogen (secondary N) is 1. The van der Waals surface area contributed by atoms with Crippen molar-refractivity contribution in [2.24, 2.45) is 5.14 Å². The maximum absolute atomic E-state index is 13.7. The fourth-order valence-corrected chi connectivity index (χ4v) is 3.98. The van der Waals surface area contributed by atoms with E-state index in [-0.39, 0.29) is 28.5 Å². The molecular formula is C20H23FN2O4S. The van der Waals surface area contributed by atoms with Crippen molar-refractivity contribution in [3.63, 3.8) is 0 Å². The van der Waals surface area contributed by atoms with Crippen LogP contribution in [0, 0.1) is 5.82 Å². The van der Waals surface area contributed by atoms with E-state index in [4.69, 9.17) is 9.88 Å². The van der Waals surface area contributed by atoms with Gasteiger partial charge in [-0.2, -0.15) is 0 Å². The quantitative estimate of drug-likeness (QED) is 0.765. The second-order valence-corrected chi connectivity index (χ2v) is 8.61. The number of rotatable bonds is 6.